The molecule has 2 aromatic heterocycles. The molecule has 3 heteroatoms. The van der Waals surface area contributed by atoms with E-state index in [2.05, 4.69) is 181 Å². The zero-order chi connectivity index (χ0) is 33.5. The minimum Gasteiger partial charge on any atom is -0.455 e. The summed E-state index contributed by atoms with van der Waals surface area (Å²) in [7, 11) is 0. The van der Waals surface area contributed by atoms with Crippen LogP contribution >= 0.6 is 11.3 Å². The number of hydrogen-bond donors (Lipinski definition) is 0. The van der Waals surface area contributed by atoms with Crippen LogP contribution < -0.4 is 4.90 Å². The number of furan rings is 1. The summed E-state index contributed by atoms with van der Waals surface area (Å²) in [4.78, 5) is 2.35. The minimum atomic E-state index is 0.882. The highest BCUT2D eigenvalue weighted by Gasteiger charge is 2.19. The van der Waals surface area contributed by atoms with E-state index in [9.17, 15) is 0 Å². The van der Waals surface area contributed by atoms with Crippen molar-refractivity contribution in [2.24, 2.45) is 0 Å². The normalized spacial score (nSPS) is 11.9. The van der Waals surface area contributed by atoms with Gasteiger partial charge in [-0.3, -0.25) is 0 Å². The molecule has 51 heavy (non-hydrogen) atoms. The van der Waals surface area contributed by atoms with Crippen LogP contribution in [0.3, 0.4) is 0 Å². The molecule has 0 radical (unpaired) electrons. The van der Waals surface area contributed by atoms with Crippen molar-refractivity contribution in [3.8, 4) is 11.1 Å². The molecule has 2 heterocycles. The Balaban J connectivity index is 1.14. The molecule has 0 aliphatic rings. The largest absolute Gasteiger partial charge is 0.455 e. The molecule has 9 aromatic carbocycles. The Labute approximate surface area is 298 Å². The van der Waals surface area contributed by atoms with Crippen LogP contribution in [0.2, 0.25) is 0 Å². The van der Waals surface area contributed by atoms with Gasteiger partial charge in [-0.25, -0.2) is 0 Å². The summed E-state index contributed by atoms with van der Waals surface area (Å²) in [6.45, 7) is 0. The Kier molecular flexibility index (Phi) is 6.16. The van der Waals surface area contributed by atoms with Crippen molar-refractivity contribution in [3.63, 3.8) is 0 Å². The average Bonchev–Trinajstić information content (AvgIpc) is 3.76. The summed E-state index contributed by atoms with van der Waals surface area (Å²) in [5, 5.41) is 12.2. The van der Waals surface area contributed by atoms with Gasteiger partial charge in [-0.1, -0.05) is 115 Å². The molecule has 0 aliphatic carbocycles. The molecule has 0 unspecified atom stereocenters. The zero-order valence-corrected chi connectivity index (χ0v) is 28.3. The molecule has 0 bridgehead atoms. The number of anilines is 3. The molecule has 11 aromatic rings. The molecule has 0 aliphatic heterocycles. The second kappa shape index (κ2) is 11.0. The van der Waals surface area contributed by atoms with Gasteiger partial charge in [-0.15, -0.1) is 11.3 Å². The van der Waals surface area contributed by atoms with Crippen molar-refractivity contribution in [3.05, 3.63) is 176 Å². The zero-order valence-electron chi connectivity index (χ0n) is 27.5. The van der Waals surface area contributed by atoms with Crippen molar-refractivity contribution in [1.29, 1.82) is 0 Å². The molecule has 0 saturated carbocycles. The maximum absolute atomic E-state index is 6.65. The van der Waals surface area contributed by atoms with Gasteiger partial charge in [0, 0.05) is 59.5 Å². The maximum Gasteiger partial charge on any atom is 0.143 e. The fourth-order valence-electron chi connectivity index (χ4n) is 8.12. The van der Waals surface area contributed by atoms with E-state index in [1.807, 2.05) is 11.3 Å². The van der Waals surface area contributed by atoms with Crippen LogP contribution in [0.15, 0.2) is 180 Å². The number of rotatable bonds is 4. The van der Waals surface area contributed by atoms with Crippen LogP contribution in [-0.2, 0) is 0 Å². The Morgan fingerprint density at radius 1 is 0.373 bits per heavy atom. The predicted octanol–water partition coefficient (Wildman–Crippen LogP) is 14.6. The van der Waals surface area contributed by atoms with Crippen LogP contribution in [0.4, 0.5) is 17.1 Å². The van der Waals surface area contributed by atoms with E-state index in [1.165, 1.54) is 58.2 Å². The lowest BCUT2D eigenvalue weighted by atomic mass is 9.91. The Hall–Kier alpha value is -6.42. The molecule has 11 rings (SSSR count). The molecule has 238 valence electrons. The van der Waals surface area contributed by atoms with Crippen LogP contribution in [-0.4, -0.2) is 0 Å². The second-order valence-corrected chi connectivity index (χ2v) is 14.4. The third-order valence-electron chi connectivity index (χ3n) is 10.4. The quantitative estimate of drug-likeness (QED) is 0.174. The Bertz CT molecular complexity index is 3150. The lowest BCUT2D eigenvalue weighted by molar-refractivity contribution is 0.672. The van der Waals surface area contributed by atoms with Gasteiger partial charge >= 0.3 is 0 Å². The number of hydrogen-bond acceptors (Lipinski definition) is 3. The van der Waals surface area contributed by atoms with E-state index in [-0.39, 0.29) is 0 Å². The van der Waals surface area contributed by atoms with Gasteiger partial charge in [0.1, 0.15) is 11.2 Å². The third-order valence-corrected chi connectivity index (χ3v) is 11.6. The summed E-state index contributed by atoms with van der Waals surface area (Å²) in [6.07, 6.45) is 0. The molecule has 0 atom stereocenters. The van der Waals surface area contributed by atoms with Gasteiger partial charge in [0.2, 0.25) is 0 Å². The van der Waals surface area contributed by atoms with E-state index in [0.29, 0.717) is 0 Å². The van der Waals surface area contributed by atoms with Gasteiger partial charge in [0.25, 0.3) is 0 Å². The summed E-state index contributed by atoms with van der Waals surface area (Å²) in [6, 6.07) is 63.7. The lowest BCUT2D eigenvalue weighted by Gasteiger charge is -2.25. The van der Waals surface area contributed by atoms with Crippen LogP contribution in [0.25, 0.3) is 85.6 Å². The number of nitrogens with zero attached hydrogens (tertiary/aromatic N) is 1. The van der Waals surface area contributed by atoms with Crippen molar-refractivity contribution in [2.45, 2.75) is 0 Å². The molecule has 0 spiro atoms. The van der Waals surface area contributed by atoms with Crippen LogP contribution in [0.1, 0.15) is 0 Å². The van der Waals surface area contributed by atoms with Crippen LogP contribution in [0.5, 0.6) is 0 Å². The first-order valence-electron chi connectivity index (χ1n) is 17.3. The summed E-state index contributed by atoms with van der Waals surface area (Å²) < 4.78 is 9.22. The number of thiophene rings is 1. The van der Waals surface area contributed by atoms with Crippen molar-refractivity contribution in [1.82, 2.24) is 0 Å². The summed E-state index contributed by atoms with van der Waals surface area (Å²) >= 11 is 1.86. The second-order valence-electron chi connectivity index (χ2n) is 13.3. The maximum atomic E-state index is 6.65. The highest BCUT2D eigenvalue weighted by molar-refractivity contribution is 7.26. The van der Waals surface area contributed by atoms with Crippen molar-refractivity contribution in [2.75, 3.05) is 4.90 Å². The fraction of sp³-hybridized carbons (Fsp3) is 0. The summed E-state index contributed by atoms with van der Waals surface area (Å²) in [5.41, 5.74) is 7.60. The molecular formula is C48H29NOS. The standard InChI is InChI=1S/C48H29NOS/c1-2-13-33(14-3-1)49(35-23-26-38-41-25-22-31-11-5-7-16-37(31)48(41)50-43(38)29-35)34-24-27-44-42(28-34)47-40(18-9-19-45(47)51-44)39-17-8-12-32-21-20-30-10-4-6-15-36(30)46(32)39/h1-29H. The molecule has 0 amide bonds. The molecule has 0 N–H and O–H groups in total. The first-order valence-corrected chi connectivity index (χ1v) is 18.2. The SMILES string of the molecule is c1ccc(N(c2ccc3c(c2)oc2c4ccccc4ccc32)c2ccc3sc4cccc(-c5cccc6ccc7ccccc7c56)c4c3c2)cc1. The average molecular weight is 668 g/mol. The van der Waals surface area contributed by atoms with E-state index in [0.717, 1.165) is 44.4 Å². The Morgan fingerprint density at radius 3 is 1.90 bits per heavy atom. The molecular weight excluding hydrogens is 639 g/mol. The van der Waals surface area contributed by atoms with Gasteiger partial charge < -0.3 is 9.32 Å². The van der Waals surface area contributed by atoms with Gasteiger partial charge in [0.05, 0.1) is 0 Å². The first-order chi connectivity index (χ1) is 25.3. The predicted molar refractivity (Wildman–Crippen MR) is 219 cm³/mol. The number of para-hydroxylation sites is 1. The number of fused-ring (bicyclic) bond motifs is 11. The molecule has 2 nitrogen and oxygen atoms in total. The smallest absolute Gasteiger partial charge is 0.143 e. The van der Waals surface area contributed by atoms with E-state index < -0.39 is 0 Å². The summed E-state index contributed by atoms with van der Waals surface area (Å²) in [5.74, 6) is 0. The van der Waals surface area contributed by atoms with Gasteiger partial charge in [0.15, 0.2) is 0 Å². The molecule has 0 saturated heterocycles. The number of benzene rings is 9. The Morgan fingerprint density at radius 2 is 1.02 bits per heavy atom. The molecule has 0 fully saturated rings. The highest BCUT2D eigenvalue weighted by Crippen LogP contribution is 2.46. The topological polar surface area (TPSA) is 16.4 Å². The van der Waals surface area contributed by atoms with Crippen molar-refractivity contribution >= 4 is 103 Å². The highest BCUT2D eigenvalue weighted by atomic mass is 32.1. The minimum absolute atomic E-state index is 0.882. The lowest BCUT2D eigenvalue weighted by Crippen LogP contribution is -2.09. The van der Waals surface area contributed by atoms with Gasteiger partial charge in [-0.05, 0) is 92.7 Å². The monoisotopic (exact) mass is 667 g/mol. The third kappa shape index (κ3) is 4.35. The van der Waals surface area contributed by atoms with Gasteiger partial charge in [-0.2, -0.15) is 0 Å². The van der Waals surface area contributed by atoms with E-state index in [4.69, 9.17) is 4.42 Å². The van der Waals surface area contributed by atoms with Crippen molar-refractivity contribution < 1.29 is 4.42 Å². The first kappa shape index (κ1) is 28.4. The van der Waals surface area contributed by atoms with E-state index in [1.54, 1.807) is 0 Å². The van der Waals surface area contributed by atoms with Crippen LogP contribution in [0, 0.1) is 0 Å². The van der Waals surface area contributed by atoms with E-state index >= 15 is 0 Å². The fourth-order valence-corrected chi connectivity index (χ4v) is 9.23.